The molecule has 19 heavy (non-hydrogen) atoms. The first-order valence-electron chi connectivity index (χ1n) is 6.04. The average molecular weight is 288 g/mol. The summed E-state index contributed by atoms with van der Waals surface area (Å²) in [5.41, 5.74) is 5.26. The minimum atomic E-state index is -0.491. The van der Waals surface area contributed by atoms with Gasteiger partial charge in [-0.1, -0.05) is 13.8 Å². The van der Waals surface area contributed by atoms with Crippen molar-refractivity contribution in [3.05, 3.63) is 24.0 Å². The van der Waals surface area contributed by atoms with Gasteiger partial charge in [0, 0.05) is 12.7 Å². The van der Waals surface area contributed by atoms with Crippen LogP contribution in [0.25, 0.3) is 0 Å². The number of hydrogen-bond donors (Lipinski definition) is 3. The first-order chi connectivity index (χ1) is 8.38. The van der Waals surface area contributed by atoms with Crippen LogP contribution in [0, 0.1) is 5.92 Å². The predicted octanol–water partition coefficient (Wildman–Crippen LogP) is 1.70. The van der Waals surface area contributed by atoms with Crippen molar-refractivity contribution in [2.75, 3.05) is 6.54 Å². The molecule has 0 fully saturated rings. The van der Waals surface area contributed by atoms with Crippen molar-refractivity contribution >= 4 is 18.3 Å². The summed E-state index contributed by atoms with van der Waals surface area (Å²) in [7, 11) is 0. The van der Waals surface area contributed by atoms with Crippen molar-refractivity contribution in [3.63, 3.8) is 0 Å². The zero-order chi connectivity index (χ0) is 13.8. The van der Waals surface area contributed by atoms with Gasteiger partial charge in [-0.3, -0.25) is 4.79 Å². The molecule has 0 saturated heterocycles. The van der Waals surface area contributed by atoms with Crippen LogP contribution in [-0.2, 0) is 0 Å². The van der Waals surface area contributed by atoms with Gasteiger partial charge < -0.3 is 16.2 Å². The number of halogens is 1. The molecule has 0 aliphatic heterocycles. The Kier molecular flexibility index (Phi) is 6.79. The third-order valence-electron chi connectivity index (χ3n) is 2.73. The van der Waals surface area contributed by atoms with Crippen molar-refractivity contribution in [2.45, 2.75) is 32.7 Å². The van der Waals surface area contributed by atoms with Gasteiger partial charge in [-0.05, 0) is 31.4 Å². The van der Waals surface area contributed by atoms with Gasteiger partial charge in [0.25, 0.3) is 5.91 Å². The molecule has 0 bridgehead atoms. The van der Waals surface area contributed by atoms with Gasteiger partial charge in [0.15, 0.2) is 5.69 Å². The molecule has 0 saturated carbocycles. The van der Waals surface area contributed by atoms with Crippen LogP contribution in [0.15, 0.2) is 18.3 Å². The van der Waals surface area contributed by atoms with Crippen LogP contribution in [0.1, 0.15) is 37.7 Å². The molecule has 0 radical (unpaired) electrons. The molecule has 0 spiro atoms. The molecular formula is C13H22ClN3O2. The minimum Gasteiger partial charge on any atom is -0.505 e. The fourth-order valence-electron chi connectivity index (χ4n) is 1.99. The Bertz CT molecular complexity index is 426. The Balaban J connectivity index is 0.00000324. The van der Waals surface area contributed by atoms with Crippen LogP contribution >= 0.6 is 12.4 Å². The van der Waals surface area contributed by atoms with E-state index in [1.807, 2.05) is 6.92 Å². The van der Waals surface area contributed by atoms with Crippen LogP contribution in [0.5, 0.6) is 5.75 Å². The zero-order valence-corrected chi connectivity index (χ0v) is 12.3. The van der Waals surface area contributed by atoms with Gasteiger partial charge in [-0.2, -0.15) is 0 Å². The molecule has 0 aliphatic carbocycles. The second kappa shape index (κ2) is 7.31. The molecule has 1 heterocycles. The number of carbonyl (C=O) groups is 1. The molecule has 1 rings (SSSR count). The van der Waals surface area contributed by atoms with E-state index in [0.29, 0.717) is 12.5 Å². The molecule has 0 aromatic carbocycles. The lowest BCUT2D eigenvalue weighted by atomic mass is 9.90. The number of aromatic hydroxyl groups is 1. The molecule has 108 valence electrons. The number of nitrogens with zero attached hydrogens (tertiary/aromatic N) is 1. The summed E-state index contributed by atoms with van der Waals surface area (Å²) in [5, 5.41) is 12.4. The second-order valence-corrected chi connectivity index (χ2v) is 5.19. The van der Waals surface area contributed by atoms with E-state index in [9.17, 15) is 9.90 Å². The lowest BCUT2D eigenvalue weighted by molar-refractivity contribution is 0.0890. The molecule has 0 aliphatic rings. The Morgan fingerprint density at radius 3 is 2.68 bits per heavy atom. The van der Waals surface area contributed by atoms with E-state index in [2.05, 4.69) is 24.1 Å². The van der Waals surface area contributed by atoms with Crippen molar-refractivity contribution < 1.29 is 9.90 Å². The van der Waals surface area contributed by atoms with Crippen LogP contribution in [0.3, 0.4) is 0 Å². The molecule has 1 aromatic rings. The van der Waals surface area contributed by atoms with Crippen LogP contribution in [0.2, 0.25) is 0 Å². The van der Waals surface area contributed by atoms with Crippen LogP contribution in [0.4, 0.5) is 0 Å². The summed E-state index contributed by atoms with van der Waals surface area (Å²) in [6, 6.07) is 3.01. The summed E-state index contributed by atoms with van der Waals surface area (Å²) in [5.74, 6) is -0.114. The van der Waals surface area contributed by atoms with E-state index < -0.39 is 11.4 Å². The maximum absolute atomic E-state index is 12.0. The van der Waals surface area contributed by atoms with Gasteiger partial charge >= 0.3 is 0 Å². The number of rotatable bonds is 5. The molecule has 5 nitrogen and oxygen atoms in total. The normalized spacial score (nSPS) is 13.5. The van der Waals surface area contributed by atoms with Crippen LogP contribution < -0.4 is 11.1 Å². The largest absolute Gasteiger partial charge is 0.505 e. The summed E-state index contributed by atoms with van der Waals surface area (Å²) in [6.07, 6.45) is 2.24. The first kappa shape index (κ1) is 17.7. The van der Waals surface area contributed by atoms with Gasteiger partial charge in [0.05, 0.1) is 5.54 Å². The minimum absolute atomic E-state index is 0. The smallest absolute Gasteiger partial charge is 0.274 e. The van der Waals surface area contributed by atoms with Crippen molar-refractivity contribution in [1.82, 2.24) is 10.3 Å². The number of hydrogen-bond acceptors (Lipinski definition) is 4. The fraction of sp³-hybridized carbons (Fsp3) is 0.538. The maximum atomic E-state index is 12.0. The van der Waals surface area contributed by atoms with Gasteiger partial charge in [-0.25, -0.2) is 4.98 Å². The standard InChI is InChI=1S/C13H21N3O2.ClH/c1-9(2)7-13(3,8-14)16-12(18)11-10(17)5-4-6-15-11;/h4-6,9,17H,7-8,14H2,1-3H3,(H,16,18);1H. The Morgan fingerprint density at radius 1 is 1.58 bits per heavy atom. The average Bonchev–Trinajstić information content (AvgIpc) is 2.28. The molecule has 1 aromatic heterocycles. The summed E-state index contributed by atoms with van der Waals surface area (Å²) in [6.45, 7) is 6.37. The third kappa shape index (κ3) is 5.04. The number of amides is 1. The predicted molar refractivity (Wildman–Crippen MR) is 77.5 cm³/mol. The quantitative estimate of drug-likeness (QED) is 0.769. The van der Waals surface area contributed by atoms with Crippen molar-refractivity contribution in [2.24, 2.45) is 11.7 Å². The highest BCUT2D eigenvalue weighted by Crippen LogP contribution is 2.18. The third-order valence-corrected chi connectivity index (χ3v) is 2.73. The molecule has 1 atom stereocenters. The fourth-order valence-corrected chi connectivity index (χ4v) is 1.99. The van der Waals surface area contributed by atoms with Crippen LogP contribution in [-0.4, -0.2) is 28.1 Å². The zero-order valence-electron chi connectivity index (χ0n) is 11.5. The number of nitrogens with two attached hydrogens (primary N) is 1. The maximum Gasteiger partial charge on any atom is 0.274 e. The van der Waals surface area contributed by atoms with Crippen molar-refractivity contribution in [1.29, 1.82) is 0 Å². The Hall–Kier alpha value is -1.33. The van der Waals surface area contributed by atoms with E-state index in [0.717, 1.165) is 6.42 Å². The van der Waals surface area contributed by atoms with E-state index in [1.165, 1.54) is 12.3 Å². The Morgan fingerprint density at radius 2 is 2.21 bits per heavy atom. The number of carbonyl (C=O) groups excluding carboxylic acids is 1. The molecule has 1 amide bonds. The van der Waals surface area contributed by atoms with Gasteiger partial charge in [0.1, 0.15) is 5.75 Å². The topological polar surface area (TPSA) is 88.2 Å². The van der Waals surface area contributed by atoms with E-state index in [4.69, 9.17) is 5.73 Å². The molecule has 1 unspecified atom stereocenters. The highest BCUT2D eigenvalue weighted by atomic mass is 35.5. The Labute approximate surface area is 120 Å². The van der Waals surface area contributed by atoms with E-state index >= 15 is 0 Å². The lowest BCUT2D eigenvalue weighted by Crippen LogP contribution is -2.52. The summed E-state index contributed by atoms with van der Waals surface area (Å²) < 4.78 is 0. The van der Waals surface area contributed by atoms with Crippen molar-refractivity contribution in [3.8, 4) is 5.75 Å². The van der Waals surface area contributed by atoms with E-state index in [1.54, 1.807) is 6.07 Å². The molecule has 6 heteroatoms. The van der Waals surface area contributed by atoms with E-state index in [-0.39, 0.29) is 23.9 Å². The molecular weight excluding hydrogens is 266 g/mol. The number of aromatic nitrogens is 1. The SMILES string of the molecule is CC(C)CC(C)(CN)NC(=O)c1ncccc1O.Cl. The number of nitrogens with one attached hydrogen (secondary N) is 1. The molecule has 4 N–H and O–H groups in total. The monoisotopic (exact) mass is 287 g/mol. The highest BCUT2D eigenvalue weighted by molar-refractivity contribution is 5.95. The van der Waals surface area contributed by atoms with Gasteiger partial charge in [0.2, 0.25) is 0 Å². The lowest BCUT2D eigenvalue weighted by Gasteiger charge is -2.31. The summed E-state index contributed by atoms with van der Waals surface area (Å²) >= 11 is 0. The summed E-state index contributed by atoms with van der Waals surface area (Å²) in [4.78, 5) is 15.9. The van der Waals surface area contributed by atoms with Gasteiger partial charge in [-0.15, -0.1) is 12.4 Å². The second-order valence-electron chi connectivity index (χ2n) is 5.19. The first-order valence-corrected chi connectivity index (χ1v) is 6.04. The highest BCUT2D eigenvalue weighted by Gasteiger charge is 2.27. The number of pyridine rings is 1.